The van der Waals surface area contributed by atoms with Crippen molar-refractivity contribution >= 4 is 25.8 Å². The minimum absolute atomic E-state index is 0.615. The average molecular weight is 305 g/mol. The van der Waals surface area contributed by atoms with Gasteiger partial charge < -0.3 is 4.57 Å². The Morgan fingerprint density at radius 2 is 1.30 bits per heavy atom. The van der Waals surface area contributed by atoms with E-state index in [2.05, 4.69) is 60.2 Å². The van der Waals surface area contributed by atoms with Gasteiger partial charge >= 0.3 is 0 Å². The van der Waals surface area contributed by atoms with Crippen LogP contribution in [0.3, 0.4) is 0 Å². The SMILES string of the molecule is CN(CP(C)(C)=O)P(c1ccccc1)c1ccccc1. The van der Waals surface area contributed by atoms with Crippen molar-refractivity contribution in [3.8, 4) is 0 Å². The van der Waals surface area contributed by atoms with Crippen LogP contribution in [0.1, 0.15) is 0 Å². The van der Waals surface area contributed by atoms with Crippen molar-refractivity contribution in [3.63, 3.8) is 0 Å². The Labute approximate surface area is 123 Å². The second-order valence-electron chi connectivity index (χ2n) is 5.36. The molecule has 0 aliphatic heterocycles. The lowest BCUT2D eigenvalue weighted by molar-refractivity contribution is 0.559. The molecule has 20 heavy (non-hydrogen) atoms. The zero-order valence-corrected chi connectivity index (χ0v) is 14.0. The molecule has 0 unspecified atom stereocenters. The molecule has 0 aliphatic rings. The molecular weight excluding hydrogens is 284 g/mol. The molecule has 0 aromatic heterocycles. The Bertz CT molecular complexity index is 540. The predicted molar refractivity (Wildman–Crippen MR) is 91.2 cm³/mol. The van der Waals surface area contributed by atoms with Gasteiger partial charge in [-0.2, -0.15) is 0 Å². The summed E-state index contributed by atoms with van der Waals surface area (Å²) in [4.78, 5) is 0. The molecule has 0 saturated heterocycles. The monoisotopic (exact) mass is 305 g/mol. The van der Waals surface area contributed by atoms with Crippen LogP contribution in [0, 0.1) is 0 Å². The van der Waals surface area contributed by atoms with Gasteiger partial charge in [0.15, 0.2) is 0 Å². The highest BCUT2D eigenvalue weighted by atomic mass is 31.2. The van der Waals surface area contributed by atoms with E-state index in [1.54, 1.807) is 0 Å². The first-order valence-corrected chi connectivity index (χ1v) is 10.7. The molecule has 0 amide bonds. The molecule has 0 heterocycles. The molecule has 2 aromatic rings. The first-order valence-electron chi connectivity index (χ1n) is 6.63. The third-order valence-corrected chi connectivity index (χ3v) is 6.62. The van der Waals surface area contributed by atoms with Crippen molar-refractivity contribution < 1.29 is 4.57 Å². The van der Waals surface area contributed by atoms with Gasteiger partial charge in [0.25, 0.3) is 0 Å². The fraction of sp³-hybridized carbons (Fsp3) is 0.250. The Hall–Kier alpha value is -0.940. The summed E-state index contributed by atoms with van der Waals surface area (Å²) in [6.45, 7) is 3.71. The number of rotatable bonds is 5. The summed E-state index contributed by atoms with van der Waals surface area (Å²) in [6, 6.07) is 21.0. The highest BCUT2D eigenvalue weighted by molar-refractivity contribution is 7.71. The van der Waals surface area contributed by atoms with E-state index in [1.807, 2.05) is 25.5 Å². The van der Waals surface area contributed by atoms with E-state index < -0.39 is 15.2 Å². The van der Waals surface area contributed by atoms with E-state index in [4.69, 9.17) is 0 Å². The van der Waals surface area contributed by atoms with Gasteiger partial charge in [-0.25, -0.2) is 0 Å². The molecule has 0 aliphatic carbocycles. The summed E-state index contributed by atoms with van der Waals surface area (Å²) < 4.78 is 14.4. The lowest BCUT2D eigenvalue weighted by Gasteiger charge is -2.30. The normalized spacial score (nSPS) is 12.1. The lowest BCUT2D eigenvalue weighted by Crippen LogP contribution is -2.26. The van der Waals surface area contributed by atoms with Gasteiger partial charge in [0, 0.05) is 8.07 Å². The van der Waals surface area contributed by atoms with E-state index in [1.165, 1.54) is 10.6 Å². The third kappa shape index (κ3) is 4.28. The maximum Gasteiger partial charge on any atom is 0.0954 e. The Morgan fingerprint density at radius 1 is 0.900 bits per heavy atom. The summed E-state index contributed by atoms with van der Waals surface area (Å²) in [6.07, 6.45) is 0.641. The van der Waals surface area contributed by atoms with Crippen molar-refractivity contribution in [1.82, 2.24) is 4.67 Å². The number of hydrogen-bond acceptors (Lipinski definition) is 2. The van der Waals surface area contributed by atoms with Crippen LogP contribution in [0.2, 0.25) is 0 Å². The second kappa shape index (κ2) is 6.68. The fourth-order valence-corrected chi connectivity index (χ4v) is 6.64. The van der Waals surface area contributed by atoms with Gasteiger partial charge in [0.2, 0.25) is 0 Å². The molecule has 0 N–H and O–H groups in total. The Kier molecular flexibility index (Phi) is 5.16. The minimum atomic E-state index is -2.07. The summed E-state index contributed by atoms with van der Waals surface area (Å²) >= 11 is 0. The van der Waals surface area contributed by atoms with Crippen LogP contribution in [0.4, 0.5) is 0 Å². The summed E-state index contributed by atoms with van der Waals surface area (Å²) in [5.74, 6) is 0. The molecule has 106 valence electrons. The molecule has 0 saturated carbocycles. The van der Waals surface area contributed by atoms with Crippen LogP contribution < -0.4 is 10.6 Å². The van der Waals surface area contributed by atoms with E-state index >= 15 is 0 Å². The molecule has 0 spiro atoms. The summed E-state index contributed by atoms with van der Waals surface area (Å²) in [7, 11) is -0.615. The molecule has 4 heteroatoms. The number of hydrogen-bond donors (Lipinski definition) is 0. The summed E-state index contributed by atoms with van der Waals surface area (Å²) in [5.41, 5.74) is 0. The van der Waals surface area contributed by atoms with Crippen LogP contribution in [0.5, 0.6) is 0 Å². The number of nitrogens with zero attached hydrogens (tertiary/aromatic N) is 1. The van der Waals surface area contributed by atoms with Crippen LogP contribution in [-0.2, 0) is 4.57 Å². The van der Waals surface area contributed by atoms with Gasteiger partial charge in [-0.15, -0.1) is 0 Å². The smallest absolute Gasteiger partial charge is 0.0954 e. The van der Waals surface area contributed by atoms with Gasteiger partial charge in [-0.3, -0.25) is 4.67 Å². The maximum atomic E-state index is 12.2. The topological polar surface area (TPSA) is 20.3 Å². The number of benzene rings is 2. The van der Waals surface area contributed by atoms with Gasteiger partial charge in [0.1, 0.15) is 0 Å². The van der Waals surface area contributed by atoms with Crippen LogP contribution in [-0.4, -0.2) is 31.3 Å². The van der Waals surface area contributed by atoms with Crippen molar-refractivity contribution in [3.05, 3.63) is 60.7 Å². The van der Waals surface area contributed by atoms with Crippen molar-refractivity contribution in [2.75, 3.05) is 26.7 Å². The molecule has 0 radical (unpaired) electrons. The Balaban J connectivity index is 2.38. The molecule has 0 fully saturated rings. The van der Waals surface area contributed by atoms with E-state index in [-0.39, 0.29) is 0 Å². The quantitative estimate of drug-likeness (QED) is 0.787. The first-order chi connectivity index (χ1) is 9.47. The molecule has 0 atom stereocenters. The Morgan fingerprint density at radius 3 is 1.65 bits per heavy atom. The molecule has 2 rings (SSSR count). The van der Waals surface area contributed by atoms with Crippen molar-refractivity contribution in [2.45, 2.75) is 0 Å². The average Bonchev–Trinajstić information content (AvgIpc) is 2.39. The lowest BCUT2D eigenvalue weighted by atomic mass is 10.4. The molecular formula is C16H21NOP2. The maximum absolute atomic E-state index is 12.2. The first kappa shape index (κ1) is 15.4. The zero-order valence-electron chi connectivity index (χ0n) is 12.2. The highest BCUT2D eigenvalue weighted by Crippen LogP contribution is 2.45. The molecule has 0 bridgehead atoms. The summed E-state index contributed by atoms with van der Waals surface area (Å²) in [5, 5.41) is 2.59. The largest absolute Gasteiger partial charge is 0.323 e. The third-order valence-electron chi connectivity index (χ3n) is 2.89. The van der Waals surface area contributed by atoms with Crippen molar-refractivity contribution in [2.24, 2.45) is 0 Å². The van der Waals surface area contributed by atoms with E-state index in [0.29, 0.717) is 6.29 Å². The van der Waals surface area contributed by atoms with Gasteiger partial charge in [-0.05, 0) is 31.0 Å². The van der Waals surface area contributed by atoms with Crippen LogP contribution >= 0.6 is 15.2 Å². The van der Waals surface area contributed by atoms with Crippen molar-refractivity contribution in [1.29, 1.82) is 0 Å². The molecule has 2 aromatic carbocycles. The highest BCUT2D eigenvalue weighted by Gasteiger charge is 2.22. The van der Waals surface area contributed by atoms with Crippen LogP contribution in [0.25, 0.3) is 0 Å². The second-order valence-corrected chi connectivity index (χ2v) is 11.1. The minimum Gasteiger partial charge on any atom is -0.323 e. The zero-order chi connectivity index (χ0) is 14.6. The fourth-order valence-electron chi connectivity index (χ4n) is 2.24. The molecule has 2 nitrogen and oxygen atoms in total. The van der Waals surface area contributed by atoms with Crippen LogP contribution in [0.15, 0.2) is 60.7 Å². The van der Waals surface area contributed by atoms with E-state index in [9.17, 15) is 4.57 Å². The van der Waals surface area contributed by atoms with E-state index in [0.717, 1.165) is 0 Å². The standard InChI is InChI=1S/C16H21NOP2/c1-17(14-20(2,3)18)19(15-10-6-4-7-11-15)16-12-8-5-9-13-16/h4-13H,14H2,1-3H3. The van der Waals surface area contributed by atoms with Gasteiger partial charge in [0.05, 0.1) is 13.4 Å². The van der Waals surface area contributed by atoms with Gasteiger partial charge in [-0.1, -0.05) is 60.7 Å². The predicted octanol–water partition coefficient (Wildman–Crippen LogP) is 3.55.